The first kappa shape index (κ1) is 10.6. The molecule has 0 aromatic rings. The first-order chi connectivity index (χ1) is 6.06. The molecule has 0 radical (unpaired) electrons. The average molecular weight is 200 g/mol. The van der Waals surface area contributed by atoms with Crippen LogP contribution < -0.4 is 0 Å². The molecule has 0 aromatic carbocycles. The lowest BCUT2D eigenvalue weighted by molar-refractivity contribution is -0.107. The molecule has 0 spiro atoms. The van der Waals surface area contributed by atoms with E-state index in [1.54, 1.807) is 0 Å². The van der Waals surface area contributed by atoms with Crippen molar-refractivity contribution in [2.24, 2.45) is 0 Å². The summed E-state index contributed by atoms with van der Waals surface area (Å²) < 4.78 is 5.69. The second kappa shape index (κ2) is 4.18. The molecule has 1 aliphatic rings. The number of thioether (sulfide) groups is 1. The van der Waals surface area contributed by atoms with Crippen LogP contribution in [-0.4, -0.2) is 16.5 Å². The molecule has 2 nitrogen and oxygen atoms in total. The summed E-state index contributed by atoms with van der Waals surface area (Å²) in [7, 11) is 0. The number of rotatable bonds is 3. The fourth-order valence-electron chi connectivity index (χ4n) is 1.19. The van der Waals surface area contributed by atoms with Gasteiger partial charge >= 0.3 is 0 Å². The van der Waals surface area contributed by atoms with Crippen LogP contribution >= 0.6 is 11.8 Å². The molecule has 0 bridgehead atoms. The van der Waals surface area contributed by atoms with Crippen molar-refractivity contribution in [1.29, 1.82) is 0 Å². The van der Waals surface area contributed by atoms with Gasteiger partial charge in [0.2, 0.25) is 5.12 Å². The van der Waals surface area contributed by atoms with Crippen LogP contribution in [0.15, 0.2) is 11.3 Å². The van der Waals surface area contributed by atoms with Crippen LogP contribution in [0.5, 0.6) is 0 Å². The van der Waals surface area contributed by atoms with Gasteiger partial charge < -0.3 is 4.74 Å². The summed E-state index contributed by atoms with van der Waals surface area (Å²) in [4.78, 5) is 11.3. The van der Waals surface area contributed by atoms with Crippen molar-refractivity contribution in [2.75, 3.05) is 0 Å². The van der Waals surface area contributed by atoms with Crippen LogP contribution in [0.2, 0.25) is 0 Å². The van der Waals surface area contributed by atoms with E-state index in [0.717, 1.165) is 17.8 Å². The minimum atomic E-state index is 0.158. The van der Waals surface area contributed by atoms with E-state index in [0.29, 0.717) is 0 Å². The highest BCUT2D eigenvalue weighted by Gasteiger charge is 2.29. The zero-order valence-electron chi connectivity index (χ0n) is 8.59. The summed E-state index contributed by atoms with van der Waals surface area (Å²) in [6.45, 7) is 7.96. The molecule has 2 unspecified atom stereocenters. The number of hydrogen-bond donors (Lipinski definition) is 0. The lowest BCUT2D eigenvalue weighted by Crippen LogP contribution is -2.11. The summed E-state index contributed by atoms with van der Waals surface area (Å²) in [6, 6.07) is 0. The third kappa shape index (κ3) is 2.27. The quantitative estimate of drug-likeness (QED) is 0.700. The molecule has 0 N–H and O–H groups in total. The Kier molecular flexibility index (Phi) is 3.42. The van der Waals surface area contributed by atoms with Crippen LogP contribution in [0, 0.1) is 0 Å². The first-order valence-electron chi connectivity index (χ1n) is 4.64. The molecule has 0 aromatic heterocycles. The monoisotopic (exact) mass is 200 g/mol. The molecule has 0 saturated carbocycles. The third-order valence-corrected chi connectivity index (χ3v) is 3.32. The molecule has 13 heavy (non-hydrogen) atoms. The number of carbonyl (C=O) groups is 1. The van der Waals surface area contributed by atoms with Crippen LogP contribution in [0.1, 0.15) is 34.1 Å². The number of ether oxygens (including phenoxy) is 1. The minimum Gasteiger partial charge on any atom is -0.493 e. The Hall–Kier alpha value is -0.440. The summed E-state index contributed by atoms with van der Waals surface area (Å²) in [5.41, 5.74) is 0.790. The zero-order chi connectivity index (χ0) is 10.0. The maximum Gasteiger partial charge on any atom is 0.219 e. The van der Waals surface area contributed by atoms with Crippen molar-refractivity contribution in [2.45, 2.75) is 45.5 Å². The van der Waals surface area contributed by atoms with Crippen LogP contribution in [0.4, 0.5) is 0 Å². The standard InChI is InChI=1S/C10H16O2S/c1-5-6(2)12-9-7(3)10(11)13-8(9)4/h6,8H,5H2,1-4H3. The highest BCUT2D eigenvalue weighted by Crippen LogP contribution is 2.34. The molecule has 1 rings (SSSR count). The molecule has 0 amide bonds. The smallest absolute Gasteiger partial charge is 0.219 e. The molecule has 3 heteroatoms. The van der Waals surface area contributed by atoms with Gasteiger partial charge in [0.15, 0.2) is 0 Å². The Bertz CT molecular complexity index is 245. The molecular formula is C10H16O2S. The lowest BCUT2D eigenvalue weighted by Gasteiger charge is -2.16. The van der Waals surface area contributed by atoms with Crippen molar-refractivity contribution in [1.82, 2.24) is 0 Å². The van der Waals surface area contributed by atoms with Gasteiger partial charge in [-0.15, -0.1) is 0 Å². The third-order valence-electron chi connectivity index (χ3n) is 2.23. The molecule has 0 fully saturated rings. The molecule has 2 atom stereocenters. The van der Waals surface area contributed by atoms with E-state index in [9.17, 15) is 4.79 Å². The maximum absolute atomic E-state index is 11.3. The number of carbonyl (C=O) groups excluding carboxylic acids is 1. The molecule has 1 aliphatic heterocycles. The van der Waals surface area contributed by atoms with Crippen molar-refractivity contribution < 1.29 is 9.53 Å². The predicted molar refractivity (Wildman–Crippen MR) is 55.6 cm³/mol. The molecule has 74 valence electrons. The second-order valence-electron chi connectivity index (χ2n) is 3.37. The minimum absolute atomic E-state index is 0.158. The van der Waals surface area contributed by atoms with Crippen molar-refractivity contribution in [3.05, 3.63) is 11.3 Å². The van der Waals surface area contributed by atoms with Gasteiger partial charge in [-0.2, -0.15) is 0 Å². The summed E-state index contributed by atoms with van der Waals surface area (Å²) in [5, 5.41) is 0.354. The van der Waals surface area contributed by atoms with Gasteiger partial charge in [-0.25, -0.2) is 0 Å². The number of hydrogen-bond acceptors (Lipinski definition) is 3. The van der Waals surface area contributed by atoms with Gasteiger partial charge in [-0.1, -0.05) is 18.7 Å². The van der Waals surface area contributed by atoms with Crippen molar-refractivity contribution >= 4 is 16.9 Å². The van der Waals surface area contributed by atoms with E-state index in [-0.39, 0.29) is 16.5 Å². The Morgan fingerprint density at radius 3 is 2.62 bits per heavy atom. The summed E-state index contributed by atoms with van der Waals surface area (Å²) >= 11 is 1.35. The summed E-state index contributed by atoms with van der Waals surface area (Å²) in [6.07, 6.45) is 1.18. The van der Waals surface area contributed by atoms with Crippen molar-refractivity contribution in [3.63, 3.8) is 0 Å². The van der Waals surface area contributed by atoms with E-state index in [1.165, 1.54) is 11.8 Å². The highest BCUT2D eigenvalue weighted by molar-refractivity contribution is 8.15. The van der Waals surface area contributed by atoms with Gasteiger partial charge in [0, 0.05) is 5.57 Å². The Labute approximate surface area is 83.7 Å². The lowest BCUT2D eigenvalue weighted by atomic mass is 10.2. The van der Waals surface area contributed by atoms with E-state index < -0.39 is 0 Å². The zero-order valence-corrected chi connectivity index (χ0v) is 9.40. The topological polar surface area (TPSA) is 26.3 Å². The molecular weight excluding hydrogens is 184 g/mol. The van der Waals surface area contributed by atoms with Gasteiger partial charge in [-0.05, 0) is 27.2 Å². The van der Waals surface area contributed by atoms with E-state index in [4.69, 9.17) is 4.74 Å². The van der Waals surface area contributed by atoms with Crippen LogP contribution in [-0.2, 0) is 9.53 Å². The van der Waals surface area contributed by atoms with E-state index >= 15 is 0 Å². The van der Waals surface area contributed by atoms with Gasteiger partial charge in [0.1, 0.15) is 5.76 Å². The van der Waals surface area contributed by atoms with Gasteiger partial charge in [-0.3, -0.25) is 4.79 Å². The van der Waals surface area contributed by atoms with E-state index in [1.807, 2.05) is 20.8 Å². The molecule has 0 aliphatic carbocycles. The fraction of sp³-hybridized carbons (Fsp3) is 0.700. The van der Waals surface area contributed by atoms with Crippen LogP contribution in [0.3, 0.4) is 0 Å². The normalized spacial score (nSPS) is 25.2. The first-order valence-corrected chi connectivity index (χ1v) is 5.52. The second-order valence-corrected chi connectivity index (χ2v) is 4.69. The van der Waals surface area contributed by atoms with E-state index in [2.05, 4.69) is 6.92 Å². The van der Waals surface area contributed by atoms with Crippen molar-refractivity contribution in [3.8, 4) is 0 Å². The Balaban J connectivity index is 2.72. The Morgan fingerprint density at radius 1 is 1.62 bits per heavy atom. The summed E-state index contributed by atoms with van der Waals surface area (Å²) in [5.74, 6) is 0.879. The average Bonchev–Trinajstić information content (AvgIpc) is 2.32. The Morgan fingerprint density at radius 2 is 2.23 bits per heavy atom. The van der Waals surface area contributed by atoms with Crippen LogP contribution in [0.25, 0.3) is 0 Å². The fourth-order valence-corrected chi connectivity index (χ4v) is 2.13. The largest absolute Gasteiger partial charge is 0.493 e. The maximum atomic E-state index is 11.3. The predicted octanol–water partition coefficient (Wildman–Crippen LogP) is 2.74. The highest BCUT2D eigenvalue weighted by atomic mass is 32.2. The SMILES string of the molecule is CCC(C)OC1=C(C)C(=O)SC1C. The van der Waals surface area contributed by atoms with Gasteiger partial charge in [0.25, 0.3) is 0 Å². The molecule has 1 heterocycles. The van der Waals surface area contributed by atoms with Gasteiger partial charge in [0.05, 0.1) is 11.4 Å². The molecule has 0 saturated heterocycles.